The number of sulfonamides is 1. The third-order valence-corrected chi connectivity index (χ3v) is 4.59. The lowest BCUT2D eigenvalue weighted by atomic mass is 10.1. The first kappa shape index (κ1) is 18.3. The summed E-state index contributed by atoms with van der Waals surface area (Å²) >= 11 is 2.88. The van der Waals surface area contributed by atoms with Gasteiger partial charge in [0.2, 0.25) is 5.91 Å². The van der Waals surface area contributed by atoms with Crippen molar-refractivity contribution in [2.45, 2.75) is 6.42 Å². The van der Waals surface area contributed by atoms with Crippen LogP contribution in [-0.2, 0) is 21.2 Å². The predicted molar refractivity (Wildman–Crippen MR) is 90.3 cm³/mol. The molecule has 2 aromatic rings. The molecule has 8 heteroatoms. The molecule has 2 rings (SSSR count). The van der Waals surface area contributed by atoms with E-state index in [1.54, 1.807) is 35.1 Å². The van der Waals surface area contributed by atoms with E-state index in [-0.39, 0.29) is 4.47 Å². The standard InChI is InChI=1S/C16H12BrF2NO3S/c17-13-6-7-14(18)12(16(13)19)10-15(21)20-24(22,23)9-8-11-4-2-1-3-5-11/h1-9H,10H2,(H,20,21)/b9-8+. The molecule has 0 unspecified atom stereocenters. The zero-order valence-electron chi connectivity index (χ0n) is 12.2. The second kappa shape index (κ2) is 7.67. The Morgan fingerprint density at radius 1 is 1.12 bits per heavy atom. The molecule has 0 aliphatic carbocycles. The van der Waals surface area contributed by atoms with Crippen LogP contribution >= 0.6 is 15.9 Å². The zero-order valence-corrected chi connectivity index (χ0v) is 14.6. The summed E-state index contributed by atoms with van der Waals surface area (Å²) in [6.07, 6.45) is 0.561. The van der Waals surface area contributed by atoms with Gasteiger partial charge in [-0.05, 0) is 39.7 Å². The minimum Gasteiger partial charge on any atom is -0.274 e. The number of carbonyl (C=O) groups is 1. The molecule has 0 saturated heterocycles. The van der Waals surface area contributed by atoms with Gasteiger partial charge in [0.25, 0.3) is 10.0 Å². The van der Waals surface area contributed by atoms with Gasteiger partial charge in [0.05, 0.1) is 16.3 Å². The molecule has 0 bridgehead atoms. The lowest BCUT2D eigenvalue weighted by Gasteiger charge is -2.07. The minimum absolute atomic E-state index is 0.0152. The highest BCUT2D eigenvalue weighted by molar-refractivity contribution is 9.10. The third-order valence-electron chi connectivity index (χ3n) is 2.97. The Kier molecular flexibility index (Phi) is 5.84. The van der Waals surface area contributed by atoms with Crippen molar-refractivity contribution >= 4 is 37.9 Å². The first-order valence-corrected chi connectivity index (χ1v) is 9.03. The van der Waals surface area contributed by atoms with Crippen LogP contribution in [0.25, 0.3) is 6.08 Å². The van der Waals surface area contributed by atoms with Crippen LogP contribution in [0.15, 0.2) is 52.3 Å². The minimum atomic E-state index is -4.07. The van der Waals surface area contributed by atoms with Gasteiger partial charge in [0.1, 0.15) is 11.6 Å². The molecule has 4 nitrogen and oxygen atoms in total. The molecule has 0 heterocycles. The average Bonchev–Trinajstić information content (AvgIpc) is 2.54. The fourth-order valence-corrected chi connectivity index (χ4v) is 3.02. The summed E-state index contributed by atoms with van der Waals surface area (Å²) in [4.78, 5) is 11.8. The summed E-state index contributed by atoms with van der Waals surface area (Å²) in [5, 5.41) is 0.813. The Bertz CT molecular complexity index is 884. The summed E-state index contributed by atoms with van der Waals surface area (Å²) in [7, 11) is -4.07. The highest BCUT2D eigenvalue weighted by atomic mass is 79.9. The van der Waals surface area contributed by atoms with Gasteiger partial charge in [0.15, 0.2) is 0 Å². The van der Waals surface area contributed by atoms with Gasteiger partial charge in [-0.1, -0.05) is 30.3 Å². The fourth-order valence-electron chi connectivity index (χ4n) is 1.85. The summed E-state index contributed by atoms with van der Waals surface area (Å²) in [6, 6.07) is 10.7. The predicted octanol–water partition coefficient (Wildman–Crippen LogP) is 3.39. The molecule has 1 amide bonds. The molecule has 2 aromatic carbocycles. The van der Waals surface area contributed by atoms with E-state index in [1.165, 1.54) is 6.08 Å². The normalized spacial score (nSPS) is 11.6. The lowest BCUT2D eigenvalue weighted by molar-refractivity contribution is -0.118. The number of carbonyl (C=O) groups excluding carboxylic acids is 1. The summed E-state index contributed by atoms with van der Waals surface area (Å²) in [5.74, 6) is -2.91. The molecule has 0 atom stereocenters. The van der Waals surface area contributed by atoms with E-state index < -0.39 is 39.5 Å². The van der Waals surface area contributed by atoms with E-state index >= 15 is 0 Å². The SMILES string of the molecule is O=C(Cc1c(F)ccc(Br)c1F)NS(=O)(=O)/C=C/c1ccccc1. The maximum Gasteiger partial charge on any atom is 0.257 e. The molecule has 0 spiro atoms. The van der Waals surface area contributed by atoms with Crippen LogP contribution in [0.5, 0.6) is 0 Å². The third kappa shape index (κ3) is 4.97. The Hall–Kier alpha value is -2.06. The van der Waals surface area contributed by atoms with Crippen LogP contribution in [0.1, 0.15) is 11.1 Å². The number of rotatable bonds is 5. The van der Waals surface area contributed by atoms with Gasteiger partial charge in [0, 0.05) is 5.56 Å². The summed E-state index contributed by atoms with van der Waals surface area (Å²) < 4.78 is 52.8. The Balaban J connectivity index is 2.09. The molecule has 0 saturated carbocycles. The Morgan fingerprint density at radius 3 is 2.46 bits per heavy atom. The number of benzene rings is 2. The van der Waals surface area contributed by atoms with Crippen LogP contribution in [0.4, 0.5) is 8.78 Å². The fraction of sp³-hybridized carbons (Fsp3) is 0.0625. The van der Waals surface area contributed by atoms with Gasteiger partial charge >= 0.3 is 0 Å². The molecule has 0 fully saturated rings. The second-order valence-corrected chi connectivity index (χ2v) is 7.20. The van der Waals surface area contributed by atoms with Crippen LogP contribution < -0.4 is 4.72 Å². The van der Waals surface area contributed by atoms with Crippen molar-refractivity contribution in [3.05, 3.63) is 75.1 Å². The van der Waals surface area contributed by atoms with Crippen molar-refractivity contribution in [1.29, 1.82) is 0 Å². The maximum atomic E-state index is 13.8. The highest BCUT2D eigenvalue weighted by Gasteiger charge is 2.18. The highest BCUT2D eigenvalue weighted by Crippen LogP contribution is 2.22. The van der Waals surface area contributed by atoms with Crippen molar-refractivity contribution in [1.82, 2.24) is 4.72 Å². The molecule has 0 aromatic heterocycles. The summed E-state index contributed by atoms with van der Waals surface area (Å²) in [6.45, 7) is 0. The van der Waals surface area contributed by atoms with E-state index in [2.05, 4.69) is 15.9 Å². The van der Waals surface area contributed by atoms with Gasteiger partial charge in [-0.3, -0.25) is 4.79 Å². The monoisotopic (exact) mass is 415 g/mol. The first-order valence-electron chi connectivity index (χ1n) is 6.69. The van der Waals surface area contributed by atoms with E-state index in [9.17, 15) is 22.0 Å². The second-order valence-electron chi connectivity index (χ2n) is 4.78. The molecular formula is C16H12BrF2NO3S. The summed E-state index contributed by atoms with van der Waals surface area (Å²) in [5.41, 5.74) is 0.114. The molecule has 0 aliphatic rings. The van der Waals surface area contributed by atoms with Gasteiger partial charge in [-0.2, -0.15) is 0 Å². The van der Waals surface area contributed by atoms with Crippen LogP contribution in [0.3, 0.4) is 0 Å². The number of amides is 1. The molecule has 1 N–H and O–H groups in total. The number of nitrogens with one attached hydrogen (secondary N) is 1. The maximum absolute atomic E-state index is 13.8. The number of hydrogen-bond donors (Lipinski definition) is 1. The molecule has 24 heavy (non-hydrogen) atoms. The topological polar surface area (TPSA) is 63.2 Å². The van der Waals surface area contributed by atoms with Gasteiger partial charge in [-0.15, -0.1) is 0 Å². The van der Waals surface area contributed by atoms with Crippen molar-refractivity contribution in [3.63, 3.8) is 0 Å². The van der Waals surface area contributed by atoms with E-state index in [0.29, 0.717) is 5.56 Å². The first-order chi connectivity index (χ1) is 11.3. The van der Waals surface area contributed by atoms with Gasteiger partial charge in [-0.25, -0.2) is 21.9 Å². The van der Waals surface area contributed by atoms with Crippen LogP contribution in [0, 0.1) is 11.6 Å². The largest absolute Gasteiger partial charge is 0.274 e. The van der Waals surface area contributed by atoms with Crippen molar-refractivity contribution in [2.24, 2.45) is 0 Å². The Morgan fingerprint density at radius 2 is 1.79 bits per heavy atom. The zero-order chi connectivity index (χ0) is 17.7. The smallest absolute Gasteiger partial charge is 0.257 e. The molecular weight excluding hydrogens is 404 g/mol. The van der Waals surface area contributed by atoms with Crippen molar-refractivity contribution in [3.8, 4) is 0 Å². The molecule has 126 valence electrons. The lowest BCUT2D eigenvalue weighted by Crippen LogP contribution is -2.30. The van der Waals surface area contributed by atoms with E-state index in [4.69, 9.17) is 0 Å². The van der Waals surface area contributed by atoms with Crippen LogP contribution in [0.2, 0.25) is 0 Å². The van der Waals surface area contributed by atoms with Crippen LogP contribution in [-0.4, -0.2) is 14.3 Å². The van der Waals surface area contributed by atoms with Gasteiger partial charge < -0.3 is 0 Å². The average molecular weight is 416 g/mol. The molecule has 0 aliphatic heterocycles. The van der Waals surface area contributed by atoms with Crippen molar-refractivity contribution < 1.29 is 22.0 Å². The Labute approximate surface area is 146 Å². The number of halogens is 3. The van der Waals surface area contributed by atoms with Crippen molar-refractivity contribution in [2.75, 3.05) is 0 Å². The van der Waals surface area contributed by atoms with E-state index in [0.717, 1.165) is 17.5 Å². The quantitative estimate of drug-likeness (QED) is 0.761. The molecule has 0 radical (unpaired) electrons. The number of hydrogen-bond acceptors (Lipinski definition) is 3. The van der Waals surface area contributed by atoms with E-state index in [1.807, 2.05) is 0 Å².